The van der Waals surface area contributed by atoms with Crippen LogP contribution in [0.5, 0.6) is 0 Å². The number of aliphatic hydroxyl groups is 1. The Hall–Kier alpha value is -0.600. The van der Waals surface area contributed by atoms with Gasteiger partial charge in [-0.3, -0.25) is 0 Å². The predicted octanol–water partition coefficient (Wildman–Crippen LogP) is 4.35. The van der Waals surface area contributed by atoms with Gasteiger partial charge in [-0.2, -0.15) is 0 Å². The van der Waals surface area contributed by atoms with Gasteiger partial charge in [-0.15, -0.1) is 0 Å². The van der Waals surface area contributed by atoms with Crippen molar-refractivity contribution in [2.75, 3.05) is 0 Å². The van der Waals surface area contributed by atoms with E-state index in [0.29, 0.717) is 17.4 Å². The fourth-order valence-corrected chi connectivity index (χ4v) is 3.30. The quantitative estimate of drug-likeness (QED) is 0.866. The molecule has 1 N–H and O–H groups in total. The summed E-state index contributed by atoms with van der Waals surface area (Å²) < 4.78 is 13.3. The Kier molecular flexibility index (Phi) is 4.29. The number of rotatable bonds is 3. The van der Waals surface area contributed by atoms with E-state index in [1.807, 2.05) is 0 Å². The first-order chi connectivity index (χ1) is 8.55. The van der Waals surface area contributed by atoms with E-state index in [4.69, 9.17) is 11.6 Å². The zero-order valence-electron chi connectivity index (χ0n) is 10.8. The highest BCUT2D eigenvalue weighted by Crippen LogP contribution is 2.39. The van der Waals surface area contributed by atoms with E-state index in [1.54, 1.807) is 6.07 Å². The molecule has 1 aromatic rings. The molecule has 0 aromatic heterocycles. The van der Waals surface area contributed by atoms with Gasteiger partial charge in [-0.25, -0.2) is 4.39 Å². The van der Waals surface area contributed by atoms with E-state index < -0.39 is 5.60 Å². The van der Waals surface area contributed by atoms with Crippen LogP contribution < -0.4 is 0 Å². The van der Waals surface area contributed by atoms with Crippen LogP contribution in [0.25, 0.3) is 0 Å². The summed E-state index contributed by atoms with van der Waals surface area (Å²) in [5, 5.41) is 11.4. The first-order valence-electron chi connectivity index (χ1n) is 6.71. The number of halogens is 2. The van der Waals surface area contributed by atoms with Crippen molar-refractivity contribution < 1.29 is 9.50 Å². The minimum atomic E-state index is -0.718. The maximum Gasteiger partial charge on any atom is 0.123 e. The Bertz CT molecular complexity index is 421. The summed E-state index contributed by atoms with van der Waals surface area (Å²) in [7, 11) is 0. The first-order valence-corrected chi connectivity index (χ1v) is 7.09. The van der Waals surface area contributed by atoms with Crippen molar-refractivity contribution in [3.05, 3.63) is 34.6 Å². The van der Waals surface area contributed by atoms with Crippen molar-refractivity contribution in [3.63, 3.8) is 0 Å². The van der Waals surface area contributed by atoms with Gasteiger partial charge in [0, 0.05) is 11.4 Å². The van der Waals surface area contributed by atoms with Crippen molar-refractivity contribution >= 4 is 11.6 Å². The molecule has 1 saturated carbocycles. The second kappa shape index (κ2) is 5.58. The van der Waals surface area contributed by atoms with Crippen LogP contribution >= 0.6 is 11.6 Å². The molecule has 0 spiro atoms. The molecular formula is C15H20ClFO. The van der Waals surface area contributed by atoms with Crippen molar-refractivity contribution in [1.29, 1.82) is 0 Å². The van der Waals surface area contributed by atoms with Gasteiger partial charge < -0.3 is 5.11 Å². The van der Waals surface area contributed by atoms with Gasteiger partial charge in [0.05, 0.1) is 5.60 Å². The Morgan fingerprint density at radius 2 is 2.22 bits per heavy atom. The topological polar surface area (TPSA) is 20.2 Å². The van der Waals surface area contributed by atoms with Crippen LogP contribution in [0.2, 0.25) is 5.02 Å². The lowest BCUT2D eigenvalue weighted by atomic mass is 9.71. The van der Waals surface area contributed by atoms with E-state index in [-0.39, 0.29) is 5.82 Å². The fraction of sp³-hybridized carbons (Fsp3) is 0.600. The third-order valence-corrected chi connectivity index (χ3v) is 4.54. The van der Waals surface area contributed by atoms with Crippen LogP contribution in [0.3, 0.4) is 0 Å². The lowest BCUT2D eigenvalue weighted by Crippen LogP contribution is -2.42. The summed E-state index contributed by atoms with van der Waals surface area (Å²) >= 11 is 6.09. The predicted molar refractivity (Wildman–Crippen MR) is 72.3 cm³/mol. The molecule has 2 unspecified atom stereocenters. The Morgan fingerprint density at radius 3 is 2.94 bits per heavy atom. The SMILES string of the molecule is CCC1CCCCC1(O)Cc1cc(F)ccc1Cl. The molecule has 3 heteroatoms. The smallest absolute Gasteiger partial charge is 0.123 e. The average Bonchev–Trinajstić information content (AvgIpc) is 2.34. The zero-order chi connectivity index (χ0) is 13.2. The van der Waals surface area contributed by atoms with Gasteiger partial charge in [-0.1, -0.05) is 37.8 Å². The third kappa shape index (κ3) is 2.86. The highest BCUT2D eigenvalue weighted by atomic mass is 35.5. The minimum Gasteiger partial charge on any atom is -0.389 e. The van der Waals surface area contributed by atoms with Gasteiger partial charge in [0.15, 0.2) is 0 Å². The van der Waals surface area contributed by atoms with Crippen LogP contribution in [-0.4, -0.2) is 10.7 Å². The fourth-order valence-electron chi connectivity index (χ4n) is 3.12. The summed E-state index contributed by atoms with van der Waals surface area (Å²) in [6, 6.07) is 4.37. The van der Waals surface area contributed by atoms with Crippen LogP contribution in [0, 0.1) is 11.7 Å². The molecule has 0 heterocycles. The summed E-state index contributed by atoms with van der Waals surface area (Å²) in [4.78, 5) is 0. The maximum atomic E-state index is 13.3. The van der Waals surface area contributed by atoms with Crippen LogP contribution in [-0.2, 0) is 6.42 Å². The largest absolute Gasteiger partial charge is 0.389 e. The third-order valence-electron chi connectivity index (χ3n) is 4.17. The number of benzene rings is 1. The first kappa shape index (κ1) is 13.8. The summed E-state index contributed by atoms with van der Waals surface area (Å²) in [6.07, 6.45) is 5.49. The molecule has 18 heavy (non-hydrogen) atoms. The molecule has 0 aliphatic heterocycles. The van der Waals surface area contributed by atoms with Crippen LogP contribution in [0.15, 0.2) is 18.2 Å². The minimum absolute atomic E-state index is 0.290. The molecular weight excluding hydrogens is 251 g/mol. The second-order valence-electron chi connectivity index (χ2n) is 5.37. The molecule has 1 nitrogen and oxygen atoms in total. The van der Waals surface area contributed by atoms with Crippen molar-refractivity contribution in [2.24, 2.45) is 5.92 Å². The number of hydrogen-bond acceptors (Lipinski definition) is 1. The molecule has 0 saturated heterocycles. The molecule has 0 radical (unpaired) electrons. The van der Waals surface area contributed by atoms with E-state index in [1.165, 1.54) is 18.6 Å². The zero-order valence-corrected chi connectivity index (χ0v) is 11.5. The highest BCUT2D eigenvalue weighted by Gasteiger charge is 2.38. The van der Waals surface area contributed by atoms with Gasteiger partial charge in [-0.05, 0) is 42.5 Å². The molecule has 0 amide bonds. The van der Waals surface area contributed by atoms with Gasteiger partial charge in [0.1, 0.15) is 5.82 Å². The van der Waals surface area contributed by atoms with Crippen LogP contribution in [0.1, 0.15) is 44.6 Å². The molecule has 100 valence electrons. The van der Waals surface area contributed by atoms with E-state index >= 15 is 0 Å². The van der Waals surface area contributed by atoms with Crippen molar-refractivity contribution in [2.45, 2.75) is 51.0 Å². The molecule has 1 aliphatic rings. The Balaban J connectivity index is 2.22. The summed E-state index contributed by atoms with van der Waals surface area (Å²) in [5.74, 6) is 0.00689. The van der Waals surface area contributed by atoms with Crippen molar-refractivity contribution in [1.82, 2.24) is 0 Å². The monoisotopic (exact) mass is 270 g/mol. The van der Waals surface area contributed by atoms with Gasteiger partial charge >= 0.3 is 0 Å². The number of hydrogen-bond donors (Lipinski definition) is 1. The molecule has 2 atom stereocenters. The lowest BCUT2D eigenvalue weighted by Gasteiger charge is -2.40. The van der Waals surface area contributed by atoms with E-state index in [9.17, 15) is 9.50 Å². The molecule has 1 aliphatic carbocycles. The summed E-state index contributed by atoms with van der Waals surface area (Å²) in [6.45, 7) is 2.11. The molecule has 1 fully saturated rings. The molecule has 0 bridgehead atoms. The van der Waals surface area contributed by atoms with E-state index in [0.717, 1.165) is 31.2 Å². The maximum absolute atomic E-state index is 13.3. The average molecular weight is 271 g/mol. The highest BCUT2D eigenvalue weighted by molar-refractivity contribution is 6.31. The summed E-state index contributed by atoms with van der Waals surface area (Å²) in [5.41, 5.74) is 0.00395. The standard InChI is InChI=1S/C15H20ClFO/c1-2-12-5-3-4-8-15(12,18)10-11-9-13(17)6-7-14(11)16/h6-7,9,12,18H,2-5,8,10H2,1H3. The Morgan fingerprint density at radius 1 is 1.44 bits per heavy atom. The molecule has 1 aromatic carbocycles. The second-order valence-corrected chi connectivity index (χ2v) is 5.77. The normalized spacial score (nSPS) is 28.3. The van der Waals surface area contributed by atoms with Gasteiger partial charge in [0.25, 0.3) is 0 Å². The van der Waals surface area contributed by atoms with Gasteiger partial charge in [0.2, 0.25) is 0 Å². The van der Waals surface area contributed by atoms with Crippen molar-refractivity contribution in [3.8, 4) is 0 Å². The lowest BCUT2D eigenvalue weighted by molar-refractivity contribution is -0.0491. The van der Waals surface area contributed by atoms with E-state index in [2.05, 4.69) is 6.92 Å². The molecule has 2 rings (SSSR count). The Labute approximate surface area is 113 Å². The van der Waals surface area contributed by atoms with Crippen LogP contribution in [0.4, 0.5) is 4.39 Å².